The van der Waals surface area contributed by atoms with Gasteiger partial charge in [-0.05, 0) is 80.8 Å². The number of esters is 1. The van der Waals surface area contributed by atoms with Crippen LogP contribution < -0.4 is 5.32 Å². The van der Waals surface area contributed by atoms with Crippen molar-refractivity contribution in [3.05, 3.63) is 30.1 Å². The lowest BCUT2D eigenvalue weighted by Gasteiger charge is -2.56. The van der Waals surface area contributed by atoms with Crippen LogP contribution >= 0.6 is 0 Å². The summed E-state index contributed by atoms with van der Waals surface area (Å²) in [5, 5.41) is 3.12. The van der Waals surface area contributed by atoms with E-state index in [0.29, 0.717) is 24.5 Å². The number of rotatable bonds is 6. The first kappa shape index (κ1) is 18.6. The van der Waals surface area contributed by atoms with Gasteiger partial charge < -0.3 is 10.1 Å². The van der Waals surface area contributed by atoms with Crippen molar-refractivity contribution >= 4 is 23.3 Å². The third-order valence-corrected chi connectivity index (χ3v) is 7.14. The molecule has 6 heteroatoms. The van der Waals surface area contributed by atoms with Crippen molar-refractivity contribution in [2.45, 2.75) is 58.3 Å². The number of hydrogen-bond acceptors (Lipinski definition) is 4. The molecule has 6 nitrogen and oxygen atoms in total. The molecule has 4 fully saturated rings. The molecule has 0 aliphatic heterocycles. The number of nitrogens with zero attached hydrogens (tertiary/aromatic N) is 2. The van der Waals surface area contributed by atoms with E-state index in [-0.39, 0.29) is 23.7 Å². The van der Waals surface area contributed by atoms with Gasteiger partial charge in [-0.3, -0.25) is 14.0 Å². The number of ether oxygens (including phenoxy) is 1. The molecule has 4 bridgehead atoms. The van der Waals surface area contributed by atoms with Crippen LogP contribution in [0.25, 0.3) is 5.65 Å². The Balaban J connectivity index is 1.30. The number of hydrogen-bond donors (Lipinski definition) is 1. The molecule has 6 rings (SSSR count). The average molecular weight is 396 g/mol. The zero-order valence-electron chi connectivity index (χ0n) is 17.0. The summed E-state index contributed by atoms with van der Waals surface area (Å²) in [6.07, 6.45) is 10.4. The molecule has 1 amide bonds. The van der Waals surface area contributed by atoms with Gasteiger partial charge in [-0.25, -0.2) is 4.98 Å². The Labute approximate surface area is 171 Å². The second-order valence-electron chi connectivity index (χ2n) is 9.50. The number of carbonyl (C=O) groups is 2. The van der Waals surface area contributed by atoms with Gasteiger partial charge in [-0.2, -0.15) is 0 Å². The predicted octanol–water partition coefficient (Wildman–Crippen LogP) is 3.98. The van der Waals surface area contributed by atoms with Crippen molar-refractivity contribution in [2.75, 3.05) is 11.9 Å². The average Bonchev–Trinajstić information content (AvgIpc) is 3.03. The number of amides is 1. The molecular formula is C23H29N3O3. The number of anilines is 1. The van der Waals surface area contributed by atoms with Crippen LogP contribution in [0, 0.1) is 23.2 Å². The SMILES string of the molecule is CCOC(=O)Cc1cn2c(NC(=O)CC34CC5CC(CC(C5)C3)C4)cccc2n1. The normalized spacial score (nSPS) is 29.9. The molecule has 154 valence electrons. The Morgan fingerprint density at radius 2 is 1.86 bits per heavy atom. The number of nitrogens with one attached hydrogen (secondary N) is 1. The lowest BCUT2D eigenvalue weighted by atomic mass is 9.49. The summed E-state index contributed by atoms with van der Waals surface area (Å²) in [5.74, 6) is 3.05. The lowest BCUT2D eigenvalue weighted by molar-refractivity contribution is -0.142. The summed E-state index contributed by atoms with van der Waals surface area (Å²) in [6.45, 7) is 2.15. The quantitative estimate of drug-likeness (QED) is 0.751. The standard InChI is InChI=1S/C23H29N3O3/c1-2-29-22(28)9-18-14-26-19(24-18)4-3-5-20(26)25-21(27)13-23-10-15-6-16(11-23)8-17(7-15)12-23/h3-5,14-17H,2,6-13H2,1H3,(H,25,27). The molecule has 0 saturated heterocycles. The van der Waals surface area contributed by atoms with Crippen LogP contribution in [0.1, 0.15) is 57.6 Å². The highest BCUT2D eigenvalue weighted by molar-refractivity contribution is 5.90. The summed E-state index contributed by atoms with van der Waals surface area (Å²) in [4.78, 5) is 29.2. The molecule has 0 radical (unpaired) electrons. The Hall–Kier alpha value is -2.37. The molecule has 2 aromatic rings. The maximum atomic E-state index is 13.0. The van der Waals surface area contributed by atoms with E-state index in [9.17, 15) is 9.59 Å². The van der Waals surface area contributed by atoms with Crippen LogP contribution in [0.5, 0.6) is 0 Å². The van der Waals surface area contributed by atoms with Gasteiger partial charge in [0.25, 0.3) is 0 Å². The Kier molecular flexibility index (Phi) is 4.60. The monoisotopic (exact) mass is 395 g/mol. The smallest absolute Gasteiger partial charge is 0.311 e. The number of imidazole rings is 1. The minimum Gasteiger partial charge on any atom is -0.466 e. The summed E-state index contributed by atoms with van der Waals surface area (Å²) < 4.78 is 6.87. The highest BCUT2D eigenvalue weighted by Crippen LogP contribution is 2.61. The van der Waals surface area contributed by atoms with Crippen molar-refractivity contribution in [1.82, 2.24) is 9.38 Å². The molecule has 2 heterocycles. The second-order valence-corrected chi connectivity index (χ2v) is 9.50. The largest absolute Gasteiger partial charge is 0.466 e. The number of pyridine rings is 1. The fourth-order valence-electron chi connectivity index (χ4n) is 6.64. The van der Waals surface area contributed by atoms with E-state index in [1.165, 1.54) is 38.5 Å². The van der Waals surface area contributed by atoms with Gasteiger partial charge in [0, 0.05) is 12.6 Å². The van der Waals surface area contributed by atoms with Crippen molar-refractivity contribution in [3.8, 4) is 0 Å². The van der Waals surface area contributed by atoms with Crippen LogP contribution in [0.3, 0.4) is 0 Å². The molecule has 29 heavy (non-hydrogen) atoms. The maximum Gasteiger partial charge on any atom is 0.311 e. The molecular weight excluding hydrogens is 366 g/mol. The fraction of sp³-hybridized carbons (Fsp3) is 0.609. The fourth-order valence-corrected chi connectivity index (χ4v) is 6.64. The summed E-state index contributed by atoms with van der Waals surface area (Å²) in [7, 11) is 0. The van der Waals surface area contributed by atoms with Gasteiger partial charge in [0.15, 0.2) is 0 Å². The van der Waals surface area contributed by atoms with Gasteiger partial charge in [0.05, 0.1) is 18.7 Å². The Morgan fingerprint density at radius 1 is 1.17 bits per heavy atom. The molecule has 4 aliphatic rings. The van der Waals surface area contributed by atoms with E-state index in [4.69, 9.17) is 4.74 Å². The lowest BCUT2D eigenvalue weighted by Crippen LogP contribution is -2.47. The van der Waals surface area contributed by atoms with Gasteiger partial charge in [0.1, 0.15) is 11.5 Å². The maximum absolute atomic E-state index is 13.0. The Morgan fingerprint density at radius 3 is 2.52 bits per heavy atom. The third-order valence-electron chi connectivity index (χ3n) is 7.14. The minimum absolute atomic E-state index is 0.0973. The molecule has 0 spiro atoms. The van der Waals surface area contributed by atoms with Crippen molar-refractivity contribution in [1.29, 1.82) is 0 Å². The zero-order chi connectivity index (χ0) is 20.0. The van der Waals surface area contributed by atoms with Gasteiger partial charge in [-0.1, -0.05) is 6.07 Å². The number of aromatic nitrogens is 2. The molecule has 4 saturated carbocycles. The van der Waals surface area contributed by atoms with Gasteiger partial charge >= 0.3 is 5.97 Å². The van der Waals surface area contributed by atoms with Gasteiger partial charge in [0.2, 0.25) is 5.91 Å². The topological polar surface area (TPSA) is 72.7 Å². The van der Waals surface area contributed by atoms with E-state index in [2.05, 4.69) is 10.3 Å². The summed E-state index contributed by atoms with van der Waals surface area (Å²) in [6, 6.07) is 5.65. The third kappa shape index (κ3) is 3.65. The van der Waals surface area contributed by atoms with Crippen LogP contribution in [0.2, 0.25) is 0 Å². The highest BCUT2D eigenvalue weighted by atomic mass is 16.5. The van der Waals surface area contributed by atoms with E-state index in [1.807, 2.05) is 28.8 Å². The number of carbonyl (C=O) groups excluding carboxylic acids is 2. The van der Waals surface area contributed by atoms with Crippen molar-refractivity contribution in [3.63, 3.8) is 0 Å². The first-order valence-electron chi connectivity index (χ1n) is 10.9. The van der Waals surface area contributed by atoms with E-state index in [0.717, 1.165) is 23.4 Å². The Bertz CT molecular complexity index is 913. The zero-order valence-corrected chi connectivity index (χ0v) is 17.0. The van der Waals surface area contributed by atoms with Crippen LogP contribution in [0.4, 0.5) is 5.82 Å². The van der Waals surface area contributed by atoms with Gasteiger partial charge in [-0.15, -0.1) is 0 Å². The summed E-state index contributed by atoms with van der Waals surface area (Å²) >= 11 is 0. The molecule has 0 unspecified atom stereocenters. The van der Waals surface area contributed by atoms with E-state index < -0.39 is 0 Å². The molecule has 0 atom stereocenters. The highest BCUT2D eigenvalue weighted by Gasteiger charge is 2.51. The van der Waals surface area contributed by atoms with Crippen LogP contribution in [-0.2, 0) is 20.7 Å². The molecule has 1 N–H and O–H groups in total. The van der Waals surface area contributed by atoms with Crippen LogP contribution in [-0.4, -0.2) is 27.9 Å². The van der Waals surface area contributed by atoms with E-state index in [1.54, 1.807) is 6.92 Å². The molecule has 2 aromatic heterocycles. The molecule has 4 aliphatic carbocycles. The van der Waals surface area contributed by atoms with Crippen LogP contribution in [0.15, 0.2) is 24.4 Å². The van der Waals surface area contributed by atoms with Crippen molar-refractivity contribution < 1.29 is 14.3 Å². The number of fused-ring (bicyclic) bond motifs is 1. The predicted molar refractivity (Wildman–Crippen MR) is 109 cm³/mol. The van der Waals surface area contributed by atoms with Crippen molar-refractivity contribution in [2.24, 2.45) is 23.2 Å². The first-order valence-corrected chi connectivity index (χ1v) is 10.9. The van der Waals surface area contributed by atoms with E-state index >= 15 is 0 Å². The molecule has 0 aromatic carbocycles. The first-order chi connectivity index (χ1) is 14.0. The summed E-state index contributed by atoms with van der Waals surface area (Å²) in [5.41, 5.74) is 1.58. The minimum atomic E-state index is -0.289. The second kappa shape index (κ2) is 7.15.